The summed E-state index contributed by atoms with van der Waals surface area (Å²) in [5.41, 5.74) is 3.95. The summed E-state index contributed by atoms with van der Waals surface area (Å²) >= 11 is 1.47. The summed E-state index contributed by atoms with van der Waals surface area (Å²) in [5.74, 6) is -1.48. The molecule has 44 heavy (non-hydrogen) atoms. The van der Waals surface area contributed by atoms with Crippen LogP contribution in [0.5, 0.6) is 5.75 Å². The first-order valence-corrected chi connectivity index (χ1v) is 15.3. The van der Waals surface area contributed by atoms with E-state index in [1.54, 1.807) is 4.90 Å². The fraction of sp³-hybridized carbons (Fsp3) is 0.303. The van der Waals surface area contributed by atoms with Crippen molar-refractivity contribution in [1.82, 2.24) is 25.0 Å². The van der Waals surface area contributed by atoms with Crippen LogP contribution in [0.25, 0.3) is 43.4 Å². The van der Waals surface area contributed by atoms with Crippen LogP contribution in [0.15, 0.2) is 60.6 Å². The van der Waals surface area contributed by atoms with Gasteiger partial charge in [-0.15, -0.1) is 11.3 Å². The van der Waals surface area contributed by atoms with E-state index in [4.69, 9.17) is 14.5 Å². The number of piperidine rings is 1. The fourth-order valence-corrected chi connectivity index (χ4v) is 6.81. The summed E-state index contributed by atoms with van der Waals surface area (Å²) in [4.78, 5) is 19.3. The van der Waals surface area contributed by atoms with Gasteiger partial charge in [0.15, 0.2) is 0 Å². The third-order valence-electron chi connectivity index (χ3n) is 7.98. The van der Waals surface area contributed by atoms with Crippen molar-refractivity contribution in [2.24, 2.45) is 7.05 Å². The minimum atomic E-state index is -0.736. The summed E-state index contributed by atoms with van der Waals surface area (Å²) in [5, 5.41) is 11.7. The molecule has 1 atom stereocenters. The van der Waals surface area contributed by atoms with Gasteiger partial charge in [-0.2, -0.15) is 5.10 Å². The van der Waals surface area contributed by atoms with Gasteiger partial charge in [0.2, 0.25) is 5.91 Å². The molecule has 11 heteroatoms. The van der Waals surface area contributed by atoms with Crippen LogP contribution >= 0.6 is 11.3 Å². The molecule has 1 aliphatic rings. The maximum Gasteiger partial charge on any atom is 0.246 e. The monoisotopic (exact) mass is 617 g/mol. The second kappa shape index (κ2) is 12.8. The Morgan fingerprint density at radius 2 is 2.07 bits per heavy atom. The van der Waals surface area contributed by atoms with E-state index in [0.717, 1.165) is 51.2 Å². The molecule has 228 valence electrons. The number of ether oxygens (including phenoxy) is 2. The molecule has 1 fully saturated rings. The van der Waals surface area contributed by atoms with Crippen LogP contribution < -0.4 is 10.1 Å². The molecular formula is C33H33F2N5O3S. The van der Waals surface area contributed by atoms with E-state index in [1.807, 2.05) is 41.5 Å². The lowest BCUT2D eigenvalue weighted by Crippen LogP contribution is -2.47. The zero-order valence-electron chi connectivity index (χ0n) is 24.6. The number of carbonyl (C=O) groups is 1. The van der Waals surface area contributed by atoms with Gasteiger partial charge in [-0.05, 0) is 42.5 Å². The number of hydrogen-bond acceptors (Lipinski definition) is 7. The Kier molecular flexibility index (Phi) is 8.69. The SMILES string of the molecule is C=CC(=O)N1CCCC(NCc2nc(-c3ccc4c(cnn4C)c3)c3ccsc3c2-c2c(F)cc(F)cc2OCCOC)C1. The van der Waals surface area contributed by atoms with Crippen LogP contribution in [0, 0.1) is 11.6 Å². The second-order valence-corrected chi connectivity index (χ2v) is 11.7. The van der Waals surface area contributed by atoms with Gasteiger partial charge in [0.25, 0.3) is 0 Å². The van der Waals surface area contributed by atoms with Crippen molar-refractivity contribution < 1.29 is 23.0 Å². The van der Waals surface area contributed by atoms with Crippen LogP contribution in [-0.2, 0) is 23.1 Å². The Morgan fingerprint density at radius 3 is 2.89 bits per heavy atom. The number of pyridine rings is 1. The average molecular weight is 618 g/mol. The standard InChI is InChI=1S/C33H33F2N5O3S/c1-4-29(41)40-10-5-6-23(19-40)36-18-26-31(30-25(35)15-22(34)16-28(30)43-12-11-42-3)33-24(9-13-44-33)32(38-26)20-7-8-27-21(14-20)17-37-39(27)2/h4,7-9,13-17,23,36H,1,5-6,10-12,18-19H2,2-3H3. The summed E-state index contributed by atoms with van der Waals surface area (Å²) < 4.78 is 44.0. The molecule has 0 aliphatic carbocycles. The zero-order chi connectivity index (χ0) is 30.8. The molecule has 1 saturated heterocycles. The van der Waals surface area contributed by atoms with Crippen LogP contribution in [0.4, 0.5) is 8.78 Å². The Morgan fingerprint density at radius 1 is 1.20 bits per heavy atom. The van der Waals surface area contributed by atoms with Gasteiger partial charge in [0, 0.05) is 78.6 Å². The van der Waals surface area contributed by atoms with Crippen molar-refractivity contribution in [3.8, 4) is 28.1 Å². The number of aryl methyl sites for hydroxylation is 1. The molecule has 1 aliphatic heterocycles. The third kappa shape index (κ3) is 5.82. The third-order valence-corrected chi connectivity index (χ3v) is 8.91. The smallest absolute Gasteiger partial charge is 0.246 e. The number of nitrogens with zero attached hydrogens (tertiary/aromatic N) is 4. The summed E-state index contributed by atoms with van der Waals surface area (Å²) in [6.45, 7) is 5.51. The number of thiophene rings is 1. The van der Waals surface area contributed by atoms with Crippen LogP contribution in [0.3, 0.4) is 0 Å². The molecule has 5 aromatic rings. The van der Waals surface area contributed by atoms with Gasteiger partial charge in [-0.1, -0.05) is 12.6 Å². The van der Waals surface area contributed by atoms with E-state index in [9.17, 15) is 9.18 Å². The summed E-state index contributed by atoms with van der Waals surface area (Å²) in [6, 6.07) is 10.1. The Labute approximate surface area is 257 Å². The van der Waals surface area contributed by atoms with Crippen molar-refractivity contribution in [3.63, 3.8) is 0 Å². The molecule has 2 aromatic carbocycles. The molecule has 1 amide bonds. The van der Waals surface area contributed by atoms with E-state index in [2.05, 4.69) is 23.1 Å². The van der Waals surface area contributed by atoms with Gasteiger partial charge in [0.05, 0.1) is 35.3 Å². The molecule has 1 N–H and O–H groups in total. The van der Waals surface area contributed by atoms with Crippen molar-refractivity contribution in [1.29, 1.82) is 0 Å². The molecule has 1 unspecified atom stereocenters. The highest BCUT2D eigenvalue weighted by Crippen LogP contribution is 2.44. The maximum atomic E-state index is 15.8. The van der Waals surface area contributed by atoms with Gasteiger partial charge in [-0.3, -0.25) is 14.5 Å². The number of likely N-dealkylation sites (tertiary alicyclic amines) is 1. The minimum Gasteiger partial charge on any atom is -0.490 e. The van der Waals surface area contributed by atoms with Gasteiger partial charge in [0.1, 0.15) is 24.0 Å². The lowest BCUT2D eigenvalue weighted by Gasteiger charge is -2.32. The van der Waals surface area contributed by atoms with Crippen molar-refractivity contribution in [2.45, 2.75) is 25.4 Å². The first-order chi connectivity index (χ1) is 21.4. The number of rotatable bonds is 10. The van der Waals surface area contributed by atoms with Gasteiger partial charge in [-0.25, -0.2) is 8.78 Å². The van der Waals surface area contributed by atoms with Gasteiger partial charge >= 0.3 is 0 Å². The molecule has 4 heterocycles. The maximum absolute atomic E-state index is 15.8. The fourth-order valence-electron chi connectivity index (χ4n) is 5.84. The number of nitrogens with one attached hydrogen (secondary N) is 1. The molecule has 0 radical (unpaired) electrons. The second-order valence-electron chi connectivity index (χ2n) is 10.8. The number of amides is 1. The largest absolute Gasteiger partial charge is 0.490 e. The molecule has 0 spiro atoms. The van der Waals surface area contributed by atoms with E-state index in [1.165, 1.54) is 30.6 Å². The number of methoxy groups -OCH3 is 1. The number of benzene rings is 2. The molecule has 8 nitrogen and oxygen atoms in total. The quantitative estimate of drug-likeness (QED) is 0.151. The number of hydrogen-bond donors (Lipinski definition) is 1. The Balaban J connectivity index is 1.49. The molecule has 0 bridgehead atoms. The first kappa shape index (κ1) is 29.9. The Bertz CT molecular complexity index is 1850. The number of fused-ring (bicyclic) bond motifs is 2. The van der Waals surface area contributed by atoms with E-state index < -0.39 is 11.6 Å². The van der Waals surface area contributed by atoms with Crippen molar-refractivity contribution in [3.05, 3.63) is 78.0 Å². The number of aromatic nitrogens is 3. The summed E-state index contributed by atoms with van der Waals surface area (Å²) in [6.07, 6.45) is 4.87. The van der Waals surface area contributed by atoms with E-state index in [-0.39, 0.29) is 36.5 Å². The lowest BCUT2D eigenvalue weighted by atomic mass is 9.97. The predicted molar refractivity (Wildman–Crippen MR) is 169 cm³/mol. The molecular weight excluding hydrogens is 584 g/mol. The minimum absolute atomic E-state index is 0.00649. The topological polar surface area (TPSA) is 81.5 Å². The van der Waals surface area contributed by atoms with Crippen LogP contribution in [0.2, 0.25) is 0 Å². The van der Waals surface area contributed by atoms with Gasteiger partial charge < -0.3 is 19.7 Å². The van der Waals surface area contributed by atoms with Crippen molar-refractivity contribution in [2.75, 3.05) is 33.4 Å². The zero-order valence-corrected chi connectivity index (χ0v) is 25.4. The van der Waals surface area contributed by atoms with Crippen molar-refractivity contribution >= 4 is 38.2 Å². The molecule has 0 saturated carbocycles. The number of halogens is 2. The lowest BCUT2D eigenvalue weighted by molar-refractivity contribution is -0.127. The molecule has 6 rings (SSSR count). The predicted octanol–water partition coefficient (Wildman–Crippen LogP) is 6.09. The Hall–Kier alpha value is -4.19. The highest BCUT2D eigenvalue weighted by atomic mass is 32.1. The average Bonchev–Trinajstić information content (AvgIpc) is 3.66. The molecule has 3 aromatic heterocycles. The summed E-state index contributed by atoms with van der Waals surface area (Å²) in [7, 11) is 3.43. The van der Waals surface area contributed by atoms with E-state index >= 15 is 4.39 Å². The normalized spacial score (nSPS) is 15.3. The number of carbonyl (C=O) groups excluding carboxylic acids is 1. The van der Waals surface area contributed by atoms with E-state index in [0.29, 0.717) is 30.9 Å². The van der Waals surface area contributed by atoms with Crippen LogP contribution in [0.1, 0.15) is 18.5 Å². The first-order valence-electron chi connectivity index (χ1n) is 14.5. The highest BCUT2D eigenvalue weighted by Gasteiger charge is 2.27. The highest BCUT2D eigenvalue weighted by molar-refractivity contribution is 7.17. The van der Waals surface area contributed by atoms with Crippen LogP contribution in [-0.4, -0.2) is 65.0 Å².